The van der Waals surface area contributed by atoms with Crippen molar-refractivity contribution in [2.45, 2.75) is 12.5 Å². The van der Waals surface area contributed by atoms with Crippen molar-refractivity contribution in [1.82, 2.24) is 0 Å². The Kier molecular flexibility index (Phi) is 5.31. The lowest BCUT2D eigenvalue weighted by atomic mass is 9.88. The van der Waals surface area contributed by atoms with E-state index in [9.17, 15) is 18.1 Å². The molecular weight excluding hydrogens is 477 g/mol. The molecule has 34 heavy (non-hydrogen) atoms. The van der Waals surface area contributed by atoms with E-state index in [1.807, 2.05) is 6.07 Å². The van der Waals surface area contributed by atoms with Crippen LogP contribution >= 0.6 is 11.6 Å². The summed E-state index contributed by atoms with van der Waals surface area (Å²) in [5.74, 6) is -1.66. The summed E-state index contributed by atoms with van der Waals surface area (Å²) in [6, 6.07) is 21.3. The van der Waals surface area contributed by atoms with Crippen LogP contribution in [0.5, 0.6) is 0 Å². The Hall–Kier alpha value is -3.80. The lowest BCUT2D eigenvalue weighted by Crippen LogP contribution is -2.39. The highest BCUT2D eigenvalue weighted by atomic mass is 35.5. The quantitative estimate of drug-likeness (QED) is 0.553. The minimum absolute atomic E-state index is 0.0325. The molecule has 9 heteroatoms. The number of allylic oxidation sites excluding steroid dienone is 2. The molecule has 0 spiro atoms. The molecule has 0 saturated carbocycles. The zero-order valence-electron chi connectivity index (χ0n) is 17.6. The molecule has 1 unspecified atom stereocenters. The van der Waals surface area contributed by atoms with Gasteiger partial charge in [-0.05, 0) is 35.9 Å². The molecule has 1 atom stereocenters. The average Bonchev–Trinajstić information content (AvgIpc) is 2.82. The van der Waals surface area contributed by atoms with E-state index >= 15 is 0 Å². The number of nitrogens with zero attached hydrogens (tertiary/aromatic N) is 2. The monoisotopic (exact) mass is 493 g/mol. The summed E-state index contributed by atoms with van der Waals surface area (Å²) < 4.78 is 49.6. The molecule has 0 saturated heterocycles. The molecule has 2 heterocycles. The van der Waals surface area contributed by atoms with E-state index < -0.39 is 21.8 Å². The minimum Gasteiger partial charge on any atom is -0.439 e. The molecule has 170 valence electrons. The standard InChI is InChI=1S/C25H17ClFN3O3S/c26-17-11-9-15(10-12-17)22-19(13-28)25(29)33-23-18-6-2-4-8-21(18)30(34(31,32)24(22)23)14-16-5-1-3-7-20(16)27/h1-12,22H,14,29H2. The first-order chi connectivity index (χ1) is 16.3. The molecule has 2 aliphatic rings. The second-order valence-electron chi connectivity index (χ2n) is 7.79. The summed E-state index contributed by atoms with van der Waals surface area (Å²) >= 11 is 6.04. The third-order valence-corrected chi connectivity index (χ3v) is 7.97. The number of nitriles is 1. The lowest BCUT2D eigenvalue weighted by Gasteiger charge is -2.38. The van der Waals surface area contributed by atoms with Crippen LogP contribution in [0.15, 0.2) is 89.2 Å². The fourth-order valence-electron chi connectivity index (χ4n) is 4.25. The Bertz CT molecular complexity index is 1530. The molecule has 2 aliphatic heterocycles. The number of ether oxygens (including phenoxy) is 1. The normalized spacial score (nSPS) is 18.6. The molecule has 0 radical (unpaired) electrons. The first kappa shape index (κ1) is 22.0. The summed E-state index contributed by atoms with van der Waals surface area (Å²) in [6.45, 7) is -0.239. The lowest BCUT2D eigenvalue weighted by molar-refractivity contribution is 0.357. The summed E-state index contributed by atoms with van der Waals surface area (Å²) in [5.41, 5.74) is 7.58. The Balaban J connectivity index is 1.77. The largest absolute Gasteiger partial charge is 0.439 e. The molecule has 0 aliphatic carbocycles. The number of hydrogen-bond donors (Lipinski definition) is 1. The van der Waals surface area contributed by atoms with Crippen LogP contribution in [-0.4, -0.2) is 8.42 Å². The highest BCUT2D eigenvalue weighted by molar-refractivity contribution is 7.96. The van der Waals surface area contributed by atoms with E-state index in [4.69, 9.17) is 22.1 Å². The fourth-order valence-corrected chi connectivity index (χ4v) is 6.28. The van der Waals surface area contributed by atoms with E-state index in [0.717, 1.165) is 4.31 Å². The van der Waals surface area contributed by atoms with Crippen molar-refractivity contribution in [2.75, 3.05) is 4.31 Å². The molecular formula is C25H17ClFN3O3S. The van der Waals surface area contributed by atoms with Gasteiger partial charge >= 0.3 is 0 Å². The van der Waals surface area contributed by atoms with Gasteiger partial charge in [-0.2, -0.15) is 5.26 Å². The predicted octanol–water partition coefficient (Wildman–Crippen LogP) is 5.01. The number of anilines is 1. The number of halogens is 2. The van der Waals surface area contributed by atoms with Gasteiger partial charge in [0.2, 0.25) is 5.88 Å². The number of nitrogens with two attached hydrogens (primary N) is 1. The van der Waals surface area contributed by atoms with Crippen LogP contribution < -0.4 is 10.0 Å². The van der Waals surface area contributed by atoms with E-state index in [2.05, 4.69) is 0 Å². The summed E-state index contributed by atoms with van der Waals surface area (Å²) in [4.78, 5) is -0.129. The molecule has 2 N–H and O–H groups in total. The number of benzene rings is 3. The first-order valence-electron chi connectivity index (χ1n) is 10.3. The van der Waals surface area contributed by atoms with Crippen molar-refractivity contribution in [3.8, 4) is 6.07 Å². The van der Waals surface area contributed by atoms with Crippen molar-refractivity contribution in [3.63, 3.8) is 0 Å². The van der Waals surface area contributed by atoms with Crippen LogP contribution in [-0.2, 0) is 21.3 Å². The molecule has 0 fully saturated rings. The predicted molar refractivity (Wildman–Crippen MR) is 127 cm³/mol. The van der Waals surface area contributed by atoms with Gasteiger partial charge in [-0.15, -0.1) is 0 Å². The van der Waals surface area contributed by atoms with E-state index in [0.29, 0.717) is 21.8 Å². The third-order valence-electron chi connectivity index (χ3n) is 5.83. The minimum atomic E-state index is -4.28. The van der Waals surface area contributed by atoms with E-state index in [-0.39, 0.29) is 34.2 Å². The SMILES string of the molecule is N#CC1=C(N)OC2=C(C1c1ccc(Cl)cc1)S(=O)(=O)N(Cc1ccccc1F)c1ccccc12. The fraction of sp³-hybridized carbons (Fsp3) is 0.0800. The number of para-hydroxylation sites is 1. The topological polar surface area (TPSA) is 96.4 Å². The molecule has 0 amide bonds. The molecule has 3 aromatic carbocycles. The van der Waals surface area contributed by atoms with Gasteiger partial charge in [0.05, 0.1) is 18.2 Å². The van der Waals surface area contributed by atoms with Gasteiger partial charge in [-0.3, -0.25) is 4.31 Å². The van der Waals surface area contributed by atoms with Crippen LogP contribution in [0, 0.1) is 17.1 Å². The van der Waals surface area contributed by atoms with Gasteiger partial charge in [0.25, 0.3) is 10.0 Å². The Labute approximate surface area is 201 Å². The van der Waals surface area contributed by atoms with Crippen LogP contribution in [0.4, 0.5) is 10.1 Å². The van der Waals surface area contributed by atoms with Gasteiger partial charge < -0.3 is 10.5 Å². The Morgan fingerprint density at radius 3 is 2.44 bits per heavy atom. The molecule has 0 aromatic heterocycles. The van der Waals surface area contributed by atoms with Crippen molar-refractivity contribution < 1.29 is 17.5 Å². The number of sulfonamides is 1. The van der Waals surface area contributed by atoms with Crippen molar-refractivity contribution in [1.29, 1.82) is 5.26 Å². The van der Waals surface area contributed by atoms with Crippen LogP contribution in [0.25, 0.3) is 5.76 Å². The van der Waals surface area contributed by atoms with E-state index in [1.54, 1.807) is 54.6 Å². The number of fused-ring (bicyclic) bond motifs is 2. The maximum atomic E-state index is 14.5. The summed E-state index contributed by atoms with van der Waals surface area (Å²) in [6.07, 6.45) is 0. The highest BCUT2D eigenvalue weighted by Crippen LogP contribution is 2.51. The second kappa shape index (κ2) is 8.20. The first-order valence-corrected chi connectivity index (χ1v) is 12.1. The van der Waals surface area contributed by atoms with Gasteiger partial charge in [-0.25, -0.2) is 12.8 Å². The summed E-state index contributed by atoms with van der Waals surface area (Å²) in [5, 5.41) is 10.3. The highest BCUT2D eigenvalue weighted by Gasteiger charge is 2.47. The average molecular weight is 494 g/mol. The molecule has 3 aromatic rings. The van der Waals surface area contributed by atoms with Crippen LogP contribution in [0.1, 0.15) is 22.6 Å². The van der Waals surface area contributed by atoms with Crippen LogP contribution in [0.2, 0.25) is 5.02 Å². The third kappa shape index (κ3) is 3.41. The van der Waals surface area contributed by atoms with Gasteiger partial charge in [0.1, 0.15) is 22.4 Å². The maximum absolute atomic E-state index is 14.5. The van der Waals surface area contributed by atoms with Gasteiger partial charge in [-0.1, -0.05) is 54.1 Å². The molecule has 0 bridgehead atoms. The molecule has 6 nitrogen and oxygen atoms in total. The van der Waals surface area contributed by atoms with Crippen molar-refractivity contribution >= 4 is 33.1 Å². The van der Waals surface area contributed by atoms with Crippen molar-refractivity contribution in [3.05, 3.63) is 117 Å². The Morgan fingerprint density at radius 2 is 1.74 bits per heavy atom. The maximum Gasteiger partial charge on any atom is 0.265 e. The summed E-state index contributed by atoms with van der Waals surface area (Å²) in [7, 11) is -4.28. The second-order valence-corrected chi connectivity index (χ2v) is 10.1. The molecule has 5 rings (SSSR count). The number of hydrogen-bond acceptors (Lipinski definition) is 5. The zero-order chi connectivity index (χ0) is 24.0. The Morgan fingerprint density at radius 1 is 1.06 bits per heavy atom. The van der Waals surface area contributed by atoms with Gasteiger partial charge in [0.15, 0.2) is 5.76 Å². The van der Waals surface area contributed by atoms with Crippen LogP contribution in [0.3, 0.4) is 0 Å². The number of rotatable bonds is 3. The van der Waals surface area contributed by atoms with E-state index in [1.165, 1.54) is 18.2 Å². The van der Waals surface area contributed by atoms with Crippen molar-refractivity contribution in [2.24, 2.45) is 5.73 Å². The smallest absolute Gasteiger partial charge is 0.265 e. The zero-order valence-corrected chi connectivity index (χ0v) is 19.1. The van der Waals surface area contributed by atoms with Gasteiger partial charge in [0, 0.05) is 16.1 Å².